The lowest BCUT2D eigenvalue weighted by Gasteiger charge is -2.28. The van der Waals surface area contributed by atoms with Crippen LogP contribution in [0.4, 0.5) is 4.79 Å². The van der Waals surface area contributed by atoms with E-state index >= 15 is 0 Å². The van der Waals surface area contributed by atoms with E-state index in [2.05, 4.69) is 10.6 Å². The molecule has 1 aromatic rings. The van der Waals surface area contributed by atoms with Gasteiger partial charge in [-0.3, -0.25) is 0 Å². The molecule has 4 nitrogen and oxygen atoms in total. The third-order valence-corrected chi connectivity index (χ3v) is 3.66. The average molecular weight is 283 g/mol. The van der Waals surface area contributed by atoms with Crippen molar-refractivity contribution in [3.8, 4) is 0 Å². The Bertz CT molecular complexity index is 422. The largest absolute Gasteiger partial charge is 0.391 e. The summed E-state index contributed by atoms with van der Waals surface area (Å²) in [6, 6.07) is 6.97. The number of hydrogen-bond acceptors (Lipinski definition) is 2. The van der Waals surface area contributed by atoms with Crippen molar-refractivity contribution >= 4 is 17.6 Å². The summed E-state index contributed by atoms with van der Waals surface area (Å²) in [6.45, 7) is 0.450. The minimum Gasteiger partial charge on any atom is -0.391 e. The van der Waals surface area contributed by atoms with E-state index in [1.807, 2.05) is 12.1 Å². The van der Waals surface area contributed by atoms with Gasteiger partial charge in [-0.1, -0.05) is 36.6 Å². The average Bonchev–Trinajstić information content (AvgIpc) is 2.41. The molecule has 2 unspecified atom stereocenters. The van der Waals surface area contributed by atoms with Gasteiger partial charge in [-0.15, -0.1) is 0 Å². The van der Waals surface area contributed by atoms with Gasteiger partial charge in [-0.2, -0.15) is 0 Å². The van der Waals surface area contributed by atoms with Gasteiger partial charge in [0.2, 0.25) is 0 Å². The Hall–Kier alpha value is -1.26. The van der Waals surface area contributed by atoms with Gasteiger partial charge in [0.25, 0.3) is 0 Å². The van der Waals surface area contributed by atoms with Crippen molar-refractivity contribution < 1.29 is 9.90 Å². The van der Waals surface area contributed by atoms with E-state index in [1.165, 1.54) is 0 Å². The van der Waals surface area contributed by atoms with Gasteiger partial charge >= 0.3 is 6.03 Å². The Morgan fingerprint density at radius 2 is 1.95 bits per heavy atom. The summed E-state index contributed by atoms with van der Waals surface area (Å²) >= 11 is 5.79. The third-order valence-electron chi connectivity index (χ3n) is 3.41. The molecule has 2 amide bonds. The predicted molar refractivity (Wildman–Crippen MR) is 75.1 cm³/mol. The van der Waals surface area contributed by atoms with Crippen molar-refractivity contribution in [3.63, 3.8) is 0 Å². The zero-order valence-corrected chi connectivity index (χ0v) is 11.5. The van der Waals surface area contributed by atoms with Crippen molar-refractivity contribution in [1.82, 2.24) is 10.6 Å². The van der Waals surface area contributed by atoms with Crippen LogP contribution in [0.15, 0.2) is 24.3 Å². The highest BCUT2D eigenvalue weighted by Gasteiger charge is 2.24. The first-order valence-electron chi connectivity index (χ1n) is 6.62. The lowest BCUT2D eigenvalue weighted by Crippen LogP contribution is -2.48. The summed E-state index contributed by atoms with van der Waals surface area (Å²) in [4.78, 5) is 11.7. The number of halogens is 1. The zero-order chi connectivity index (χ0) is 13.7. The Labute approximate surface area is 118 Å². The summed E-state index contributed by atoms with van der Waals surface area (Å²) < 4.78 is 0. The first-order valence-corrected chi connectivity index (χ1v) is 7.00. The predicted octanol–water partition coefficient (Wildman–Crippen LogP) is 2.44. The summed E-state index contributed by atoms with van der Waals surface area (Å²) in [7, 11) is 0. The van der Waals surface area contributed by atoms with E-state index in [9.17, 15) is 9.90 Å². The second kappa shape index (κ2) is 6.78. The van der Waals surface area contributed by atoms with Gasteiger partial charge < -0.3 is 15.7 Å². The highest BCUT2D eigenvalue weighted by Crippen LogP contribution is 2.18. The lowest BCUT2D eigenvalue weighted by molar-refractivity contribution is 0.0943. The van der Waals surface area contributed by atoms with Gasteiger partial charge in [-0.25, -0.2) is 4.79 Å². The molecule has 104 valence electrons. The molecule has 5 heteroatoms. The third kappa shape index (κ3) is 4.40. The van der Waals surface area contributed by atoms with E-state index in [0.29, 0.717) is 11.6 Å². The molecule has 0 heterocycles. The van der Waals surface area contributed by atoms with Crippen LogP contribution in [0, 0.1) is 0 Å². The SMILES string of the molecule is O=C(NCc1ccc(Cl)cc1)NC1CCCCC1O. The molecule has 2 atom stereocenters. The van der Waals surface area contributed by atoms with Gasteiger partial charge in [0, 0.05) is 11.6 Å². The number of amides is 2. The number of carbonyl (C=O) groups is 1. The molecule has 1 aromatic carbocycles. The molecule has 0 aliphatic heterocycles. The Morgan fingerprint density at radius 1 is 1.26 bits per heavy atom. The van der Waals surface area contributed by atoms with Crippen LogP contribution in [0.3, 0.4) is 0 Å². The number of aliphatic hydroxyl groups is 1. The topological polar surface area (TPSA) is 61.4 Å². The second-order valence-corrected chi connectivity index (χ2v) is 5.35. The van der Waals surface area contributed by atoms with Crippen molar-refractivity contribution in [2.24, 2.45) is 0 Å². The second-order valence-electron chi connectivity index (χ2n) is 4.91. The minimum absolute atomic E-state index is 0.126. The van der Waals surface area contributed by atoms with E-state index in [0.717, 1.165) is 31.2 Å². The van der Waals surface area contributed by atoms with Gasteiger partial charge in [0.1, 0.15) is 0 Å². The summed E-state index contributed by atoms with van der Waals surface area (Å²) in [5, 5.41) is 16.1. The molecule has 1 aliphatic rings. The molecule has 1 saturated carbocycles. The van der Waals surface area contributed by atoms with Crippen LogP contribution in [0.2, 0.25) is 5.02 Å². The van der Waals surface area contributed by atoms with Gasteiger partial charge in [0.15, 0.2) is 0 Å². The molecule has 0 radical (unpaired) electrons. The normalized spacial score (nSPS) is 22.8. The van der Waals surface area contributed by atoms with Crippen LogP contribution in [0.1, 0.15) is 31.2 Å². The fourth-order valence-electron chi connectivity index (χ4n) is 2.28. The van der Waals surface area contributed by atoms with Crippen LogP contribution in [-0.4, -0.2) is 23.3 Å². The van der Waals surface area contributed by atoms with Crippen molar-refractivity contribution in [1.29, 1.82) is 0 Å². The standard InChI is InChI=1S/C14H19ClN2O2/c15-11-7-5-10(6-8-11)9-16-14(19)17-12-3-1-2-4-13(12)18/h5-8,12-13,18H,1-4,9H2,(H2,16,17,19). The van der Waals surface area contributed by atoms with Gasteiger partial charge in [-0.05, 0) is 30.5 Å². The summed E-state index contributed by atoms with van der Waals surface area (Å²) in [5.41, 5.74) is 0.990. The highest BCUT2D eigenvalue weighted by molar-refractivity contribution is 6.30. The zero-order valence-electron chi connectivity index (χ0n) is 10.7. The lowest BCUT2D eigenvalue weighted by atomic mass is 9.93. The number of benzene rings is 1. The summed E-state index contributed by atoms with van der Waals surface area (Å²) in [6.07, 6.45) is 3.28. The molecule has 0 saturated heterocycles. The first kappa shape index (κ1) is 14.2. The molecule has 1 fully saturated rings. The smallest absolute Gasteiger partial charge is 0.315 e. The molecular weight excluding hydrogens is 264 g/mol. The van der Waals surface area contributed by atoms with Crippen LogP contribution >= 0.6 is 11.6 Å². The number of urea groups is 1. The number of rotatable bonds is 3. The quantitative estimate of drug-likeness (QED) is 0.797. The van der Waals surface area contributed by atoms with E-state index in [1.54, 1.807) is 12.1 Å². The molecule has 0 bridgehead atoms. The van der Waals surface area contributed by atoms with E-state index in [-0.39, 0.29) is 12.1 Å². The maximum atomic E-state index is 11.7. The van der Waals surface area contributed by atoms with Gasteiger partial charge in [0.05, 0.1) is 12.1 Å². The number of nitrogens with one attached hydrogen (secondary N) is 2. The number of carbonyl (C=O) groups excluding carboxylic acids is 1. The fourth-order valence-corrected chi connectivity index (χ4v) is 2.41. The minimum atomic E-state index is -0.421. The Kier molecular flexibility index (Phi) is 5.05. The van der Waals surface area contributed by atoms with Crippen molar-refractivity contribution in [2.45, 2.75) is 44.4 Å². The van der Waals surface area contributed by atoms with E-state index < -0.39 is 6.10 Å². The number of hydrogen-bond donors (Lipinski definition) is 3. The van der Waals surface area contributed by atoms with E-state index in [4.69, 9.17) is 11.6 Å². The maximum Gasteiger partial charge on any atom is 0.315 e. The Balaban J connectivity index is 1.76. The van der Waals surface area contributed by atoms with Crippen LogP contribution in [0.5, 0.6) is 0 Å². The molecule has 0 spiro atoms. The molecule has 0 aromatic heterocycles. The molecule has 2 rings (SSSR count). The highest BCUT2D eigenvalue weighted by atomic mass is 35.5. The number of aliphatic hydroxyl groups excluding tert-OH is 1. The molecule has 19 heavy (non-hydrogen) atoms. The van der Waals surface area contributed by atoms with Crippen molar-refractivity contribution in [3.05, 3.63) is 34.9 Å². The molecule has 3 N–H and O–H groups in total. The van der Waals surface area contributed by atoms with Crippen LogP contribution in [0.25, 0.3) is 0 Å². The van der Waals surface area contributed by atoms with Crippen molar-refractivity contribution in [2.75, 3.05) is 0 Å². The molecule has 1 aliphatic carbocycles. The first-order chi connectivity index (χ1) is 9.15. The van der Waals surface area contributed by atoms with Crippen LogP contribution < -0.4 is 10.6 Å². The summed E-state index contributed by atoms with van der Waals surface area (Å²) in [5.74, 6) is 0. The van der Waals surface area contributed by atoms with Crippen LogP contribution in [-0.2, 0) is 6.54 Å². The maximum absolute atomic E-state index is 11.7. The Morgan fingerprint density at radius 3 is 2.63 bits per heavy atom. The molecular formula is C14H19ClN2O2. The monoisotopic (exact) mass is 282 g/mol. The fraction of sp³-hybridized carbons (Fsp3) is 0.500.